The molecule has 0 heterocycles. The molecule has 1 fully saturated rings. The number of carbonyl (C=O) groups excluding carboxylic acids is 1. The maximum atomic E-state index is 10.7. The van der Waals surface area contributed by atoms with Crippen molar-refractivity contribution in [1.29, 1.82) is 0 Å². The van der Waals surface area contributed by atoms with Crippen LogP contribution in [-0.4, -0.2) is 17.8 Å². The maximum Gasteiger partial charge on any atom is 0.283 e. The fraction of sp³-hybridized carbons (Fsp3) is 0.417. The summed E-state index contributed by atoms with van der Waals surface area (Å²) in [5.74, 6) is 1.21. The molecule has 0 atom stereocenters. The van der Waals surface area contributed by atoms with E-state index in [4.69, 9.17) is 4.74 Å². The quantitative estimate of drug-likeness (QED) is 0.431. The summed E-state index contributed by atoms with van der Waals surface area (Å²) in [7, 11) is 0. The molecule has 0 unspecified atom stereocenters. The van der Waals surface area contributed by atoms with E-state index in [2.05, 4.69) is 0 Å². The van der Waals surface area contributed by atoms with Crippen LogP contribution in [0, 0.1) is 16.0 Å². The van der Waals surface area contributed by atoms with Gasteiger partial charge in [0.05, 0.1) is 23.2 Å². The number of benzene rings is 1. The van der Waals surface area contributed by atoms with Crippen molar-refractivity contribution < 1.29 is 14.5 Å². The van der Waals surface area contributed by atoms with Crippen LogP contribution in [0.15, 0.2) is 18.2 Å². The first-order chi connectivity index (χ1) is 8.20. The van der Waals surface area contributed by atoms with Crippen molar-refractivity contribution in [2.24, 2.45) is 5.92 Å². The zero-order valence-corrected chi connectivity index (χ0v) is 9.30. The Morgan fingerprint density at radius 2 is 2.24 bits per heavy atom. The molecular weight excluding hydrogens is 222 g/mol. The molecule has 5 heteroatoms. The van der Waals surface area contributed by atoms with E-state index in [9.17, 15) is 14.9 Å². The summed E-state index contributed by atoms with van der Waals surface area (Å²) in [6.45, 7) is 0.572. The SMILES string of the molecule is O=Cc1ccc(OCCC2CC2)cc1[N+](=O)[O-]. The molecule has 0 aromatic heterocycles. The zero-order chi connectivity index (χ0) is 12.3. The van der Waals surface area contributed by atoms with Gasteiger partial charge in [-0.1, -0.05) is 12.8 Å². The van der Waals surface area contributed by atoms with E-state index in [-0.39, 0.29) is 11.3 Å². The maximum absolute atomic E-state index is 10.7. The van der Waals surface area contributed by atoms with Gasteiger partial charge in [-0.05, 0) is 24.5 Å². The van der Waals surface area contributed by atoms with Crippen LogP contribution >= 0.6 is 0 Å². The number of rotatable bonds is 6. The van der Waals surface area contributed by atoms with Crippen molar-refractivity contribution in [3.05, 3.63) is 33.9 Å². The van der Waals surface area contributed by atoms with E-state index in [0.717, 1.165) is 12.3 Å². The molecule has 1 saturated carbocycles. The summed E-state index contributed by atoms with van der Waals surface area (Å²) >= 11 is 0. The predicted octanol–water partition coefficient (Wildman–Crippen LogP) is 2.59. The Labute approximate surface area is 98.5 Å². The normalized spacial score (nSPS) is 14.4. The number of hydrogen-bond donors (Lipinski definition) is 0. The molecule has 0 aliphatic heterocycles. The predicted molar refractivity (Wildman–Crippen MR) is 61.3 cm³/mol. The van der Waals surface area contributed by atoms with E-state index in [1.807, 2.05) is 0 Å². The summed E-state index contributed by atoms with van der Waals surface area (Å²) in [4.78, 5) is 20.8. The first-order valence-electron chi connectivity index (χ1n) is 5.57. The number of nitro groups is 1. The highest BCUT2D eigenvalue weighted by atomic mass is 16.6. The Morgan fingerprint density at radius 3 is 2.82 bits per heavy atom. The third-order valence-electron chi connectivity index (χ3n) is 2.82. The molecule has 2 rings (SSSR count). The van der Waals surface area contributed by atoms with Gasteiger partial charge in [-0.2, -0.15) is 0 Å². The lowest BCUT2D eigenvalue weighted by Gasteiger charge is -2.05. The van der Waals surface area contributed by atoms with Crippen LogP contribution in [0.4, 0.5) is 5.69 Å². The van der Waals surface area contributed by atoms with Gasteiger partial charge in [0.2, 0.25) is 0 Å². The van der Waals surface area contributed by atoms with Crippen LogP contribution in [0.1, 0.15) is 29.6 Å². The van der Waals surface area contributed by atoms with Gasteiger partial charge >= 0.3 is 0 Å². The lowest BCUT2D eigenvalue weighted by Crippen LogP contribution is -2.00. The van der Waals surface area contributed by atoms with Crippen molar-refractivity contribution >= 4 is 12.0 Å². The van der Waals surface area contributed by atoms with Gasteiger partial charge in [0, 0.05) is 0 Å². The van der Waals surface area contributed by atoms with Crippen molar-refractivity contribution in [2.45, 2.75) is 19.3 Å². The molecule has 90 valence electrons. The molecule has 0 radical (unpaired) electrons. The van der Waals surface area contributed by atoms with Gasteiger partial charge in [0.1, 0.15) is 5.75 Å². The largest absolute Gasteiger partial charge is 0.493 e. The lowest BCUT2D eigenvalue weighted by atomic mass is 10.2. The second kappa shape index (κ2) is 4.95. The van der Waals surface area contributed by atoms with E-state index in [1.165, 1.54) is 25.0 Å². The fourth-order valence-corrected chi connectivity index (χ4v) is 1.62. The molecule has 1 aromatic rings. The van der Waals surface area contributed by atoms with E-state index >= 15 is 0 Å². The molecule has 0 saturated heterocycles. The van der Waals surface area contributed by atoms with Crippen molar-refractivity contribution in [2.75, 3.05) is 6.61 Å². The minimum Gasteiger partial charge on any atom is -0.493 e. The Balaban J connectivity index is 2.03. The molecule has 0 spiro atoms. The second-order valence-electron chi connectivity index (χ2n) is 4.18. The van der Waals surface area contributed by atoms with Crippen LogP contribution in [0.2, 0.25) is 0 Å². The minimum absolute atomic E-state index is 0.0737. The molecule has 0 N–H and O–H groups in total. The van der Waals surface area contributed by atoms with Crippen molar-refractivity contribution in [1.82, 2.24) is 0 Å². The van der Waals surface area contributed by atoms with Crippen molar-refractivity contribution in [3.8, 4) is 5.75 Å². The van der Waals surface area contributed by atoms with Crippen LogP contribution < -0.4 is 4.74 Å². The van der Waals surface area contributed by atoms with Gasteiger partial charge in [0.25, 0.3) is 5.69 Å². The zero-order valence-electron chi connectivity index (χ0n) is 9.30. The first kappa shape index (κ1) is 11.6. The Bertz CT molecular complexity index is 440. The van der Waals surface area contributed by atoms with Gasteiger partial charge in [-0.3, -0.25) is 14.9 Å². The van der Waals surface area contributed by atoms with Gasteiger partial charge in [0.15, 0.2) is 6.29 Å². The summed E-state index contributed by atoms with van der Waals surface area (Å²) in [6.07, 6.45) is 3.98. The highest BCUT2D eigenvalue weighted by molar-refractivity contribution is 5.81. The van der Waals surface area contributed by atoms with E-state index < -0.39 is 4.92 Å². The summed E-state index contributed by atoms with van der Waals surface area (Å²) in [5.41, 5.74) is -0.131. The number of nitro benzene ring substituents is 1. The number of aldehydes is 1. The van der Waals surface area contributed by atoms with Gasteiger partial charge in [-0.25, -0.2) is 0 Å². The molecule has 1 aromatic carbocycles. The third-order valence-corrected chi connectivity index (χ3v) is 2.82. The standard InChI is InChI=1S/C12H13NO4/c14-8-10-3-4-11(7-12(10)13(15)16)17-6-5-9-1-2-9/h3-4,7-9H,1-2,5-6H2. The highest BCUT2D eigenvalue weighted by Gasteiger charge is 2.21. The number of carbonyl (C=O) groups is 1. The molecule has 5 nitrogen and oxygen atoms in total. The molecule has 0 amide bonds. The van der Waals surface area contributed by atoms with Crippen LogP contribution in [0.5, 0.6) is 5.75 Å². The lowest BCUT2D eigenvalue weighted by molar-refractivity contribution is -0.385. The molecule has 1 aliphatic rings. The monoisotopic (exact) mass is 235 g/mol. The molecule has 1 aliphatic carbocycles. The van der Waals surface area contributed by atoms with Gasteiger partial charge < -0.3 is 4.74 Å². The van der Waals surface area contributed by atoms with Crippen molar-refractivity contribution in [3.63, 3.8) is 0 Å². The summed E-state index contributed by atoms with van der Waals surface area (Å²) < 4.78 is 5.43. The molecule has 17 heavy (non-hydrogen) atoms. The van der Waals surface area contributed by atoms with Crippen LogP contribution in [0.25, 0.3) is 0 Å². The van der Waals surface area contributed by atoms with Crippen LogP contribution in [-0.2, 0) is 0 Å². The topological polar surface area (TPSA) is 69.4 Å². The molecule has 0 bridgehead atoms. The smallest absolute Gasteiger partial charge is 0.283 e. The molecular formula is C12H13NO4. The Morgan fingerprint density at radius 1 is 1.47 bits per heavy atom. The average molecular weight is 235 g/mol. The summed E-state index contributed by atoms with van der Waals surface area (Å²) in [6, 6.07) is 4.30. The summed E-state index contributed by atoms with van der Waals surface area (Å²) in [5, 5.41) is 10.7. The fourth-order valence-electron chi connectivity index (χ4n) is 1.62. The van der Waals surface area contributed by atoms with Gasteiger partial charge in [-0.15, -0.1) is 0 Å². The third kappa shape index (κ3) is 3.03. The first-order valence-corrected chi connectivity index (χ1v) is 5.57. The Hall–Kier alpha value is -1.91. The number of ether oxygens (including phenoxy) is 1. The number of nitrogens with zero attached hydrogens (tertiary/aromatic N) is 1. The number of hydrogen-bond acceptors (Lipinski definition) is 4. The average Bonchev–Trinajstić information content (AvgIpc) is 3.13. The van der Waals surface area contributed by atoms with E-state index in [0.29, 0.717) is 18.6 Å². The highest BCUT2D eigenvalue weighted by Crippen LogP contribution is 2.32. The Kier molecular flexibility index (Phi) is 3.37. The van der Waals surface area contributed by atoms with E-state index in [1.54, 1.807) is 6.07 Å². The second-order valence-corrected chi connectivity index (χ2v) is 4.18. The minimum atomic E-state index is -0.572. The van der Waals surface area contributed by atoms with Crippen LogP contribution in [0.3, 0.4) is 0 Å².